The van der Waals surface area contributed by atoms with Crippen LogP contribution in [0.15, 0.2) is 18.3 Å². The fourth-order valence-corrected chi connectivity index (χ4v) is 1.93. The van der Waals surface area contributed by atoms with Crippen LogP contribution in [-0.4, -0.2) is 19.6 Å². The monoisotopic (exact) mass is 246 g/mol. The van der Waals surface area contributed by atoms with Crippen LogP contribution in [0.4, 0.5) is 0 Å². The highest BCUT2D eigenvalue weighted by Crippen LogP contribution is 2.09. The van der Waals surface area contributed by atoms with Crippen molar-refractivity contribution in [1.82, 2.24) is 10.3 Å². The molecular weight excluding hydrogens is 224 g/mol. The second-order valence-electron chi connectivity index (χ2n) is 5.25. The first-order valence-corrected chi connectivity index (χ1v) is 9.65. The second kappa shape index (κ2) is 5.99. The van der Waals surface area contributed by atoms with Gasteiger partial charge < -0.3 is 5.32 Å². The highest BCUT2D eigenvalue weighted by Gasteiger charge is 2.08. The van der Waals surface area contributed by atoms with Crippen molar-refractivity contribution in [3.05, 3.63) is 29.6 Å². The van der Waals surface area contributed by atoms with E-state index in [1.54, 1.807) is 0 Å². The van der Waals surface area contributed by atoms with Gasteiger partial charge in [-0.15, -0.1) is 5.54 Å². The molecule has 0 saturated heterocycles. The van der Waals surface area contributed by atoms with Crippen LogP contribution >= 0.6 is 0 Å². The fraction of sp³-hybridized carbons (Fsp3) is 0.500. The van der Waals surface area contributed by atoms with Gasteiger partial charge in [0.2, 0.25) is 0 Å². The first-order valence-electron chi connectivity index (χ1n) is 6.15. The number of nitrogens with one attached hydrogen (secondary N) is 1. The molecule has 0 fully saturated rings. The Balaban J connectivity index is 2.77. The summed E-state index contributed by atoms with van der Waals surface area (Å²) in [5.74, 6) is 3.21. The Kier molecular flexibility index (Phi) is 4.92. The van der Waals surface area contributed by atoms with Gasteiger partial charge in [0.1, 0.15) is 8.07 Å². The quantitative estimate of drug-likeness (QED) is 0.655. The third-order valence-corrected chi connectivity index (χ3v) is 3.20. The molecule has 1 unspecified atom stereocenters. The summed E-state index contributed by atoms with van der Waals surface area (Å²) in [6.45, 7) is 11.9. The number of rotatable bonds is 3. The summed E-state index contributed by atoms with van der Waals surface area (Å²) < 4.78 is 0. The van der Waals surface area contributed by atoms with Crippen LogP contribution in [0, 0.1) is 11.5 Å². The number of pyridine rings is 1. The van der Waals surface area contributed by atoms with Gasteiger partial charge in [0, 0.05) is 17.8 Å². The maximum atomic E-state index is 4.45. The number of aromatic nitrogens is 1. The van der Waals surface area contributed by atoms with Crippen molar-refractivity contribution in [2.75, 3.05) is 6.54 Å². The lowest BCUT2D eigenvalue weighted by atomic mass is 10.2. The minimum absolute atomic E-state index is 0.305. The van der Waals surface area contributed by atoms with Crippen LogP contribution in [-0.2, 0) is 0 Å². The molecule has 0 spiro atoms. The molecule has 1 aromatic heterocycles. The molecule has 0 aliphatic carbocycles. The van der Waals surface area contributed by atoms with E-state index in [9.17, 15) is 0 Å². The van der Waals surface area contributed by atoms with Crippen molar-refractivity contribution in [2.45, 2.75) is 39.5 Å². The molecule has 17 heavy (non-hydrogen) atoms. The van der Waals surface area contributed by atoms with Gasteiger partial charge in [0.15, 0.2) is 0 Å². The number of hydrogen-bond acceptors (Lipinski definition) is 2. The minimum Gasteiger partial charge on any atom is -0.309 e. The van der Waals surface area contributed by atoms with Crippen molar-refractivity contribution in [3.8, 4) is 11.5 Å². The maximum Gasteiger partial charge on any atom is 0.129 e. The lowest BCUT2D eigenvalue weighted by Crippen LogP contribution is -2.18. The predicted molar refractivity (Wildman–Crippen MR) is 76.6 cm³/mol. The lowest BCUT2D eigenvalue weighted by molar-refractivity contribution is 0.583. The third kappa shape index (κ3) is 5.16. The Bertz CT molecular complexity index is 407. The van der Waals surface area contributed by atoms with Crippen LogP contribution in [0.2, 0.25) is 19.6 Å². The van der Waals surface area contributed by atoms with E-state index in [0.717, 1.165) is 17.8 Å². The Hall–Kier alpha value is -1.11. The highest BCUT2D eigenvalue weighted by molar-refractivity contribution is 6.83. The summed E-state index contributed by atoms with van der Waals surface area (Å²) in [6, 6.07) is 4.42. The van der Waals surface area contributed by atoms with Crippen LogP contribution in [0.1, 0.15) is 31.1 Å². The zero-order valence-electron chi connectivity index (χ0n) is 11.5. The molecule has 0 aliphatic heterocycles. The van der Waals surface area contributed by atoms with E-state index < -0.39 is 8.07 Å². The SMILES string of the molecule is CCNC(C)c1ccc(C#C[Si](C)(C)C)cn1. The average Bonchev–Trinajstić information content (AvgIpc) is 2.26. The molecule has 1 heterocycles. The molecule has 1 rings (SSSR count). The van der Waals surface area contributed by atoms with E-state index in [4.69, 9.17) is 0 Å². The van der Waals surface area contributed by atoms with Crippen molar-refractivity contribution < 1.29 is 0 Å². The molecule has 0 bridgehead atoms. The molecule has 1 atom stereocenters. The Labute approximate surface area is 106 Å². The number of nitrogens with zero attached hydrogens (tertiary/aromatic N) is 1. The van der Waals surface area contributed by atoms with Crippen molar-refractivity contribution >= 4 is 8.07 Å². The molecule has 92 valence electrons. The van der Waals surface area contributed by atoms with Crippen LogP contribution in [0.3, 0.4) is 0 Å². The van der Waals surface area contributed by atoms with Crippen molar-refractivity contribution in [2.24, 2.45) is 0 Å². The van der Waals surface area contributed by atoms with Gasteiger partial charge in [-0.1, -0.05) is 32.5 Å². The van der Waals surface area contributed by atoms with Gasteiger partial charge in [-0.2, -0.15) is 0 Å². The summed E-state index contributed by atoms with van der Waals surface area (Å²) in [7, 11) is -1.29. The van der Waals surface area contributed by atoms with Gasteiger partial charge in [-0.25, -0.2) is 0 Å². The molecule has 0 aliphatic rings. The first kappa shape index (κ1) is 13.9. The van der Waals surface area contributed by atoms with Crippen LogP contribution in [0.5, 0.6) is 0 Å². The van der Waals surface area contributed by atoms with E-state index in [2.05, 4.69) is 67.4 Å². The maximum absolute atomic E-state index is 4.45. The van der Waals surface area contributed by atoms with Crippen molar-refractivity contribution in [3.63, 3.8) is 0 Å². The molecule has 0 aromatic carbocycles. The van der Waals surface area contributed by atoms with Gasteiger partial charge in [-0.05, 0) is 25.6 Å². The van der Waals surface area contributed by atoms with Gasteiger partial charge in [0.25, 0.3) is 0 Å². The molecule has 2 nitrogen and oxygen atoms in total. The first-order chi connectivity index (χ1) is 7.92. The zero-order chi connectivity index (χ0) is 12.9. The summed E-state index contributed by atoms with van der Waals surface area (Å²) in [5, 5.41) is 3.35. The van der Waals surface area contributed by atoms with Gasteiger partial charge in [0.05, 0.1) is 5.69 Å². The number of hydrogen-bond donors (Lipinski definition) is 1. The van der Waals surface area contributed by atoms with Crippen LogP contribution in [0.25, 0.3) is 0 Å². The summed E-state index contributed by atoms with van der Waals surface area (Å²) in [5.41, 5.74) is 5.43. The summed E-state index contributed by atoms with van der Waals surface area (Å²) >= 11 is 0. The molecule has 0 amide bonds. The minimum atomic E-state index is -1.29. The van der Waals surface area contributed by atoms with Gasteiger partial charge in [-0.3, -0.25) is 4.98 Å². The van der Waals surface area contributed by atoms with Crippen molar-refractivity contribution in [1.29, 1.82) is 0 Å². The molecule has 3 heteroatoms. The third-order valence-electron chi connectivity index (χ3n) is 2.32. The standard InChI is InChI=1S/C14H22N2Si/c1-6-15-12(2)14-8-7-13(11-16-14)9-10-17(3,4)5/h7-8,11-12,15H,6H2,1-5H3. The van der Waals surface area contributed by atoms with E-state index in [-0.39, 0.29) is 0 Å². The normalized spacial score (nSPS) is 12.8. The average molecular weight is 246 g/mol. The smallest absolute Gasteiger partial charge is 0.129 e. The second-order valence-corrected chi connectivity index (χ2v) is 10.0. The Morgan fingerprint density at radius 1 is 1.35 bits per heavy atom. The topological polar surface area (TPSA) is 24.9 Å². The lowest BCUT2D eigenvalue weighted by Gasteiger charge is -2.11. The summed E-state index contributed by atoms with van der Waals surface area (Å²) in [4.78, 5) is 4.45. The Morgan fingerprint density at radius 3 is 2.53 bits per heavy atom. The zero-order valence-corrected chi connectivity index (χ0v) is 12.5. The predicted octanol–water partition coefficient (Wildman–Crippen LogP) is 2.98. The molecule has 1 aromatic rings. The van der Waals surface area contributed by atoms with E-state index >= 15 is 0 Å². The molecule has 0 saturated carbocycles. The molecule has 0 radical (unpaired) electrons. The van der Waals surface area contributed by atoms with E-state index in [1.807, 2.05) is 6.20 Å². The van der Waals surface area contributed by atoms with E-state index in [1.165, 1.54) is 0 Å². The largest absolute Gasteiger partial charge is 0.309 e. The molecular formula is C14H22N2Si. The molecule has 1 N–H and O–H groups in total. The van der Waals surface area contributed by atoms with Crippen LogP contribution < -0.4 is 5.32 Å². The fourth-order valence-electron chi connectivity index (χ4n) is 1.41. The van der Waals surface area contributed by atoms with Gasteiger partial charge >= 0.3 is 0 Å². The van der Waals surface area contributed by atoms with E-state index in [0.29, 0.717) is 6.04 Å². The Morgan fingerprint density at radius 2 is 2.06 bits per heavy atom. The highest BCUT2D eigenvalue weighted by atomic mass is 28.3. The summed E-state index contributed by atoms with van der Waals surface area (Å²) in [6.07, 6.45) is 1.87.